The Morgan fingerprint density at radius 3 is 2.56 bits per heavy atom. The van der Waals surface area contributed by atoms with Crippen LogP contribution in [0.2, 0.25) is 0 Å². The summed E-state index contributed by atoms with van der Waals surface area (Å²) in [5.74, 6) is -0.846. The van der Waals surface area contributed by atoms with Crippen LogP contribution < -0.4 is 11.1 Å². The highest BCUT2D eigenvalue weighted by Crippen LogP contribution is 2.22. The number of nitrogens with two attached hydrogens (primary N) is 1. The van der Waals surface area contributed by atoms with Crippen LogP contribution in [0.3, 0.4) is 0 Å². The van der Waals surface area contributed by atoms with Gasteiger partial charge in [0.1, 0.15) is 6.04 Å². The summed E-state index contributed by atoms with van der Waals surface area (Å²) in [6, 6.07) is 3.67. The second kappa shape index (κ2) is 5.71. The molecule has 1 unspecified atom stereocenters. The molecule has 0 saturated carbocycles. The molecule has 0 aliphatic heterocycles. The Balaban J connectivity index is 2.91. The van der Waals surface area contributed by atoms with Crippen LogP contribution in [0, 0.1) is 6.92 Å². The molecule has 1 aromatic rings. The zero-order chi connectivity index (χ0) is 13.9. The third-order valence-corrected chi connectivity index (χ3v) is 3.20. The molecule has 1 aromatic carbocycles. The molecule has 0 aliphatic rings. The van der Waals surface area contributed by atoms with Crippen molar-refractivity contribution in [1.82, 2.24) is 5.32 Å². The van der Waals surface area contributed by atoms with Gasteiger partial charge in [0.15, 0.2) is 0 Å². The minimum atomic E-state index is -4.39. The van der Waals surface area contributed by atoms with Crippen LogP contribution in [0.5, 0.6) is 0 Å². The lowest BCUT2D eigenvalue weighted by molar-refractivity contribution is -0.130. The minimum Gasteiger partial charge on any atom is -0.368 e. The Labute approximate surface area is 111 Å². The van der Waals surface area contributed by atoms with Gasteiger partial charge in [-0.15, -0.1) is 0 Å². The first kappa shape index (κ1) is 15.0. The number of primary amides is 1. The van der Waals surface area contributed by atoms with Gasteiger partial charge in [-0.2, -0.15) is 13.2 Å². The van der Waals surface area contributed by atoms with Crippen LogP contribution in [0.4, 0.5) is 13.2 Å². The fourth-order valence-electron chi connectivity index (χ4n) is 1.45. The van der Waals surface area contributed by atoms with Gasteiger partial charge >= 0.3 is 6.18 Å². The van der Waals surface area contributed by atoms with E-state index in [4.69, 9.17) is 5.73 Å². The summed E-state index contributed by atoms with van der Waals surface area (Å²) in [7, 11) is 0. The Morgan fingerprint density at radius 1 is 1.50 bits per heavy atom. The first-order chi connectivity index (χ1) is 8.20. The highest BCUT2D eigenvalue weighted by molar-refractivity contribution is 9.10. The van der Waals surface area contributed by atoms with Crippen molar-refractivity contribution in [3.05, 3.63) is 33.8 Å². The molecule has 1 atom stereocenters. The fraction of sp³-hybridized carbons (Fsp3) is 0.364. The van der Waals surface area contributed by atoms with Crippen molar-refractivity contribution in [1.29, 1.82) is 0 Å². The molecule has 0 aliphatic carbocycles. The number of amides is 1. The highest BCUT2D eigenvalue weighted by atomic mass is 79.9. The Kier molecular flexibility index (Phi) is 4.75. The summed E-state index contributed by atoms with van der Waals surface area (Å²) in [6.45, 7) is 0.505. The van der Waals surface area contributed by atoms with Crippen molar-refractivity contribution in [2.45, 2.75) is 19.1 Å². The van der Waals surface area contributed by atoms with Crippen LogP contribution >= 0.6 is 15.9 Å². The van der Waals surface area contributed by atoms with Gasteiger partial charge in [0.25, 0.3) is 0 Å². The normalized spacial score (nSPS) is 13.4. The van der Waals surface area contributed by atoms with E-state index in [2.05, 4.69) is 21.2 Å². The standard InChI is InChI=1S/C11H12BrF3N2O/c1-6-4-7(2-3-8(6)12)9(10(16)18)17-5-11(13,14)15/h2-4,9,17H,5H2,1H3,(H2,16,18). The minimum absolute atomic E-state index is 0.410. The van der Waals surface area contributed by atoms with Crippen molar-refractivity contribution in [3.63, 3.8) is 0 Å². The van der Waals surface area contributed by atoms with E-state index in [1.54, 1.807) is 25.1 Å². The van der Waals surface area contributed by atoms with Gasteiger partial charge in [-0.3, -0.25) is 10.1 Å². The Morgan fingerprint density at radius 2 is 2.11 bits per heavy atom. The number of carbonyl (C=O) groups excluding carboxylic acids is 1. The molecule has 1 rings (SSSR count). The predicted octanol–water partition coefficient (Wildman–Crippen LogP) is 2.44. The summed E-state index contributed by atoms with van der Waals surface area (Å²) >= 11 is 3.27. The van der Waals surface area contributed by atoms with Gasteiger partial charge in [-0.25, -0.2) is 0 Å². The average Bonchev–Trinajstić information content (AvgIpc) is 2.21. The molecule has 0 heterocycles. The van der Waals surface area contributed by atoms with Crippen LogP contribution in [0.25, 0.3) is 0 Å². The molecular formula is C11H12BrF3N2O. The number of alkyl halides is 3. The van der Waals surface area contributed by atoms with Crippen molar-refractivity contribution in [3.8, 4) is 0 Å². The first-order valence-corrected chi connectivity index (χ1v) is 5.85. The molecule has 7 heteroatoms. The lowest BCUT2D eigenvalue weighted by Gasteiger charge is -2.17. The molecule has 0 saturated heterocycles. The zero-order valence-corrected chi connectivity index (χ0v) is 11.1. The lowest BCUT2D eigenvalue weighted by atomic mass is 10.0. The number of aryl methyl sites for hydroxylation is 1. The first-order valence-electron chi connectivity index (χ1n) is 5.06. The molecule has 3 N–H and O–H groups in total. The van der Waals surface area contributed by atoms with Crippen LogP contribution in [-0.2, 0) is 4.79 Å². The SMILES string of the molecule is Cc1cc(C(NCC(F)(F)F)C(N)=O)ccc1Br. The smallest absolute Gasteiger partial charge is 0.368 e. The monoisotopic (exact) mass is 324 g/mol. The summed E-state index contributed by atoms with van der Waals surface area (Å²) in [6.07, 6.45) is -4.39. The number of halogens is 4. The molecule has 0 aromatic heterocycles. The molecule has 100 valence electrons. The molecule has 0 radical (unpaired) electrons. The third-order valence-electron chi connectivity index (χ3n) is 2.31. The van der Waals surface area contributed by atoms with Crippen molar-refractivity contribution >= 4 is 21.8 Å². The summed E-state index contributed by atoms with van der Waals surface area (Å²) in [5.41, 5.74) is 6.33. The average molecular weight is 325 g/mol. The quantitative estimate of drug-likeness (QED) is 0.893. The van der Waals surface area contributed by atoms with Gasteiger partial charge < -0.3 is 5.73 Å². The van der Waals surface area contributed by atoms with Crippen LogP contribution in [-0.4, -0.2) is 18.6 Å². The predicted molar refractivity (Wildman–Crippen MR) is 64.9 cm³/mol. The maximum absolute atomic E-state index is 12.1. The second-order valence-corrected chi connectivity index (χ2v) is 4.69. The Hall–Kier alpha value is -1.08. The maximum atomic E-state index is 12.1. The van der Waals surface area contributed by atoms with E-state index < -0.39 is 24.7 Å². The number of hydrogen-bond acceptors (Lipinski definition) is 2. The van der Waals surface area contributed by atoms with Gasteiger partial charge in [0.2, 0.25) is 5.91 Å². The second-order valence-electron chi connectivity index (χ2n) is 3.84. The maximum Gasteiger partial charge on any atom is 0.401 e. The number of carbonyl (C=O) groups is 1. The molecule has 0 spiro atoms. The molecular weight excluding hydrogens is 313 g/mol. The third kappa shape index (κ3) is 4.30. The van der Waals surface area contributed by atoms with Crippen molar-refractivity contribution in [2.24, 2.45) is 5.73 Å². The number of hydrogen-bond donors (Lipinski definition) is 2. The van der Waals surface area contributed by atoms with E-state index in [1.807, 2.05) is 0 Å². The van der Waals surface area contributed by atoms with E-state index in [1.165, 1.54) is 0 Å². The summed E-state index contributed by atoms with van der Waals surface area (Å²) in [4.78, 5) is 11.2. The van der Waals surface area contributed by atoms with E-state index in [-0.39, 0.29) is 0 Å². The van der Waals surface area contributed by atoms with Crippen LogP contribution in [0.15, 0.2) is 22.7 Å². The van der Waals surface area contributed by atoms with Crippen LogP contribution in [0.1, 0.15) is 17.2 Å². The van der Waals surface area contributed by atoms with Gasteiger partial charge in [0, 0.05) is 4.47 Å². The number of nitrogens with one attached hydrogen (secondary N) is 1. The van der Waals surface area contributed by atoms with Gasteiger partial charge in [-0.05, 0) is 24.1 Å². The molecule has 1 amide bonds. The number of rotatable bonds is 4. The highest BCUT2D eigenvalue weighted by Gasteiger charge is 2.30. The Bertz CT molecular complexity index is 448. The topological polar surface area (TPSA) is 55.1 Å². The van der Waals surface area contributed by atoms with Crippen molar-refractivity contribution in [2.75, 3.05) is 6.54 Å². The number of benzene rings is 1. The van der Waals surface area contributed by atoms with E-state index >= 15 is 0 Å². The van der Waals surface area contributed by atoms with E-state index in [0.717, 1.165) is 10.0 Å². The summed E-state index contributed by atoms with van der Waals surface area (Å²) in [5, 5.41) is 2.11. The van der Waals surface area contributed by atoms with Gasteiger partial charge in [0.05, 0.1) is 6.54 Å². The molecule has 18 heavy (non-hydrogen) atoms. The molecule has 0 fully saturated rings. The lowest BCUT2D eigenvalue weighted by Crippen LogP contribution is -2.39. The zero-order valence-electron chi connectivity index (χ0n) is 9.51. The summed E-state index contributed by atoms with van der Waals surface area (Å²) < 4.78 is 37.2. The molecule has 0 bridgehead atoms. The van der Waals surface area contributed by atoms with E-state index in [9.17, 15) is 18.0 Å². The van der Waals surface area contributed by atoms with Gasteiger partial charge in [-0.1, -0.05) is 28.1 Å². The largest absolute Gasteiger partial charge is 0.401 e. The van der Waals surface area contributed by atoms with E-state index in [0.29, 0.717) is 5.56 Å². The molecule has 3 nitrogen and oxygen atoms in total. The van der Waals surface area contributed by atoms with Crippen molar-refractivity contribution < 1.29 is 18.0 Å². The fourth-order valence-corrected chi connectivity index (χ4v) is 1.69.